The number of thiophene rings is 1. The molecule has 0 saturated heterocycles. The van der Waals surface area contributed by atoms with Crippen molar-refractivity contribution in [2.45, 2.75) is 51.3 Å². The molecule has 3 aromatic heterocycles. The summed E-state index contributed by atoms with van der Waals surface area (Å²) in [4.78, 5) is 9.04. The van der Waals surface area contributed by atoms with Crippen LogP contribution in [0.1, 0.15) is 38.8 Å². The van der Waals surface area contributed by atoms with Crippen molar-refractivity contribution >= 4 is 49.2 Å². The van der Waals surface area contributed by atoms with Crippen molar-refractivity contribution < 1.29 is 27.0 Å². The first kappa shape index (κ1) is 29.5. The summed E-state index contributed by atoms with van der Waals surface area (Å²) in [7, 11) is 0. The number of fused-ring (bicyclic) bond motifs is 3. The van der Waals surface area contributed by atoms with Gasteiger partial charge in [-0.1, -0.05) is 80.3 Å². The summed E-state index contributed by atoms with van der Waals surface area (Å²) in [5.41, 5.74) is 4.92. The van der Waals surface area contributed by atoms with Gasteiger partial charge in [-0.15, -0.1) is 23.8 Å². The third kappa shape index (κ3) is 8.41. The van der Waals surface area contributed by atoms with E-state index in [-0.39, 0.29) is 31.2 Å². The second kappa shape index (κ2) is 15.0. The van der Waals surface area contributed by atoms with Gasteiger partial charge in [0.05, 0.1) is 0 Å². The molecule has 0 aliphatic carbocycles. The van der Waals surface area contributed by atoms with Gasteiger partial charge in [0.1, 0.15) is 0 Å². The molecule has 5 heteroatoms. The van der Waals surface area contributed by atoms with Gasteiger partial charge in [-0.05, 0) is 57.2 Å². The van der Waals surface area contributed by atoms with Crippen molar-refractivity contribution in [1.82, 2.24) is 9.97 Å². The van der Waals surface area contributed by atoms with Gasteiger partial charge in [0.15, 0.2) is 0 Å². The summed E-state index contributed by atoms with van der Waals surface area (Å²) in [6.45, 7) is 2.86. The third-order valence-electron chi connectivity index (χ3n) is 7.82. The van der Waals surface area contributed by atoms with Crippen molar-refractivity contribution in [2.75, 3.05) is 0 Å². The standard InChI is InChI=1S/C29H26NS.C14H16GeN.Ir/c1-19-18-30-26(15-22(19)17-29(2,3)4)25-12-8-11-24-23-14-13-21(16-27(23)31-28(24)25)20-9-6-5-7-10-20;1-15(2,3)13-9-10-14(16-11-13)12-7-5-4-6-8-12;/h5-11,13-16,18H,17H2,1-4H3;4-7,9-11H,1-3H3;/q2*-1;/i1D3,17D2;;. The average Bonchev–Trinajstić information content (AvgIpc) is 3.49. The smallest absolute Gasteiger partial charge is 0 e. The quantitative estimate of drug-likeness (QED) is 0.127. The molecule has 0 bridgehead atoms. The minimum atomic E-state index is -2.47. The molecule has 7 aromatic rings. The van der Waals surface area contributed by atoms with Crippen LogP contribution in [0, 0.1) is 24.4 Å². The molecule has 48 heavy (non-hydrogen) atoms. The van der Waals surface area contributed by atoms with Crippen LogP contribution in [-0.4, -0.2) is 23.2 Å². The van der Waals surface area contributed by atoms with Crippen molar-refractivity contribution in [2.24, 2.45) is 5.41 Å². The van der Waals surface area contributed by atoms with Gasteiger partial charge in [0, 0.05) is 37.9 Å². The maximum atomic E-state index is 8.84. The Hall–Kier alpha value is -3.41. The van der Waals surface area contributed by atoms with Gasteiger partial charge in [-0.3, -0.25) is 0 Å². The molecule has 0 unspecified atom stereocenters. The second-order valence-corrected chi connectivity index (χ2v) is 25.4. The number of rotatable bonds is 5. The van der Waals surface area contributed by atoms with Crippen LogP contribution >= 0.6 is 11.3 Å². The predicted octanol–water partition coefficient (Wildman–Crippen LogP) is 11.6. The number of hydrogen-bond donors (Lipinski definition) is 0. The molecule has 245 valence electrons. The molecule has 0 amide bonds. The average molecular weight is 889 g/mol. The Bertz CT molecular complexity index is 2330. The van der Waals surface area contributed by atoms with E-state index in [0.29, 0.717) is 5.69 Å². The van der Waals surface area contributed by atoms with E-state index < -0.39 is 31.9 Å². The van der Waals surface area contributed by atoms with E-state index in [9.17, 15) is 0 Å². The topological polar surface area (TPSA) is 25.8 Å². The zero-order valence-corrected chi connectivity index (χ0v) is 33.4. The molecule has 7 rings (SSSR count). The van der Waals surface area contributed by atoms with Gasteiger partial charge in [0.25, 0.3) is 0 Å². The van der Waals surface area contributed by atoms with E-state index in [1.165, 1.54) is 10.6 Å². The van der Waals surface area contributed by atoms with E-state index in [2.05, 4.69) is 81.8 Å². The molecule has 0 fully saturated rings. The molecule has 0 N–H and O–H groups in total. The maximum Gasteiger partial charge on any atom is 0 e. The molecule has 3 heterocycles. The largest absolute Gasteiger partial charge is 0 e. The SMILES string of the molecule is [2H]C([2H])([2H])c1cnc(-c2[c-]ccc3c2sc2cc(-c4ccccc4)ccc23)cc1C([2H])([2H])C(C)(C)C.[CH3][Ge]([CH3])([CH3])[c]1ccc(-c2[c-]cccc2)nc1.[Ir]. The summed E-state index contributed by atoms with van der Waals surface area (Å²) in [5, 5.41) is 2.21. The zero-order chi connectivity index (χ0) is 37.5. The van der Waals surface area contributed by atoms with E-state index >= 15 is 0 Å². The van der Waals surface area contributed by atoms with Crippen molar-refractivity contribution in [3.8, 4) is 33.6 Å². The van der Waals surface area contributed by atoms with Crippen LogP contribution in [0.5, 0.6) is 0 Å². The molecule has 0 atom stereocenters. The Labute approximate surface area is 313 Å². The molecule has 0 spiro atoms. The normalized spacial score (nSPS) is 13.7. The summed E-state index contributed by atoms with van der Waals surface area (Å²) < 4.78 is 45.2. The van der Waals surface area contributed by atoms with E-state index in [4.69, 9.17) is 6.85 Å². The van der Waals surface area contributed by atoms with Gasteiger partial charge >= 0.3 is 99.8 Å². The van der Waals surface area contributed by atoms with Crippen LogP contribution in [0.15, 0.2) is 116 Å². The monoisotopic (exact) mass is 890 g/mol. The predicted molar refractivity (Wildman–Crippen MR) is 206 cm³/mol. The number of benzene rings is 4. The number of aryl methyl sites for hydroxylation is 1. The summed E-state index contributed by atoms with van der Waals surface area (Å²) in [6, 6.07) is 41.0. The van der Waals surface area contributed by atoms with Crippen LogP contribution in [0.25, 0.3) is 53.8 Å². The summed E-state index contributed by atoms with van der Waals surface area (Å²) in [5.74, 6) is 7.14. The fourth-order valence-electron chi connectivity index (χ4n) is 5.39. The molecular weight excluding hydrogens is 841 g/mol. The van der Waals surface area contributed by atoms with Crippen molar-refractivity contribution in [1.29, 1.82) is 0 Å². The number of hydrogen-bond acceptors (Lipinski definition) is 3. The van der Waals surface area contributed by atoms with Crippen molar-refractivity contribution in [3.05, 3.63) is 139 Å². The Kier molecular flexibility index (Phi) is 9.22. The van der Waals surface area contributed by atoms with E-state index in [1.54, 1.807) is 38.2 Å². The van der Waals surface area contributed by atoms with E-state index in [0.717, 1.165) is 48.1 Å². The van der Waals surface area contributed by atoms with Crippen LogP contribution in [0.3, 0.4) is 0 Å². The second-order valence-electron chi connectivity index (χ2n) is 13.7. The summed E-state index contributed by atoms with van der Waals surface area (Å²) in [6.07, 6.45) is 1.47. The fourth-order valence-corrected chi connectivity index (χ4v) is 8.81. The van der Waals surface area contributed by atoms with Crippen LogP contribution in [0.2, 0.25) is 17.3 Å². The fraction of sp³-hybridized carbons (Fsp3) is 0.209. The maximum absolute atomic E-state index is 8.84. The Morgan fingerprint density at radius 2 is 1.54 bits per heavy atom. The number of nitrogens with zero attached hydrogens (tertiary/aromatic N) is 2. The molecule has 4 aromatic carbocycles. The molecular formula is C43H42GeIrN2S-2. The van der Waals surface area contributed by atoms with Gasteiger partial charge in [0.2, 0.25) is 0 Å². The molecule has 0 saturated carbocycles. The van der Waals surface area contributed by atoms with Crippen LogP contribution in [-0.2, 0) is 26.5 Å². The summed E-state index contributed by atoms with van der Waals surface area (Å²) >= 11 is -0.0714. The van der Waals surface area contributed by atoms with Crippen LogP contribution < -0.4 is 4.40 Å². The first-order valence-corrected chi connectivity index (χ1v) is 24.0. The van der Waals surface area contributed by atoms with Crippen LogP contribution in [0.4, 0.5) is 0 Å². The molecule has 2 nitrogen and oxygen atoms in total. The molecule has 0 aliphatic rings. The Morgan fingerprint density at radius 3 is 2.21 bits per heavy atom. The first-order chi connectivity index (χ1) is 24.4. The molecule has 1 radical (unpaired) electrons. The number of aromatic nitrogens is 2. The van der Waals surface area contributed by atoms with Gasteiger partial charge in [-0.2, -0.15) is 11.3 Å². The number of pyridine rings is 2. The zero-order valence-electron chi connectivity index (χ0n) is 33.1. The Balaban J connectivity index is 0.000000267. The third-order valence-corrected chi connectivity index (χ3v) is 13.3. The Morgan fingerprint density at radius 1 is 0.771 bits per heavy atom. The molecule has 0 aliphatic heterocycles. The first-order valence-electron chi connectivity index (χ1n) is 18.3. The minimum absolute atomic E-state index is 0. The minimum Gasteiger partial charge on any atom is 0 e. The van der Waals surface area contributed by atoms with Gasteiger partial charge < -0.3 is 4.98 Å². The van der Waals surface area contributed by atoms with E-state index in [1.807, 2.05) is 60.8 Å². The van der Waals surface area contributed by atoms with Gasteiger partial charge in [-0.25, -0.2) is 0 Å². The van der Waals surface area contributed by atoms with Crippen molar-refractivity contribution in [3.63, 3.8) is 0 Å².